The van der Waals surface area contributed by atoms with Gasteiger partial charge in [-0.1, -0.05) is 0 Å². The first kappa shape index (κ1) is 12.4. The predicted octanol–water partition coefficient (Wildman–Crippen LogP) is 2.53. The van der Waals surface area contributed by atoms with Crippen molar-refractivity contribution in [2.75, 3.05) is 25.0 Å². The van der Waals surface area contributed by atoms with Gasteiger partial charge in [0.25, 0.3) is 0 Å². The fraction of sp³-hybridized carbons (Fsp3) is 0.533. The Morgan fingerprint density at radius 2 is 2.11 bits per heavy atom. The highest BCUT2D eigenvalue weighted by atomic mass is 19.1. The molecule has 0 spiro atoms. The van der Waals surface area contributed by atoms with Crippen LogP contribution in [-0.4, -0.2) is 30.1 Å². The SMILES string of the molecule is Cc1cc(F)cc(NC2(C#N)CN3CCC2CC3)c1. The normalized spacial score (nSPS) is 32.9. The molecule has 3 fully saturated rings. The van der Waals surface area contributed by atoms with E-state index in [0.29, 0.717) is 11.6 Å². The number of nitrogens with zero attached hydrogens (tertiary/aromatic N) is 2. The van der Waals surface area contributed by atoms with E-state index in [1.165, 1.54) is 12.1 Å². The number of benzene rings is 1. The fourth-order valence-electron chi connectivity index (χ4n) is 3.43. The maximum absolute atomic E-state index is 13.5. The minimum atomic E-state index is -0.559. The number of piperidine rings is 3. The fourth-order valence-corrected chi connectivity index (χ4v) is 3.43. The van der Waals surface area contributed by atoms with Crippen LogP contribution < -0.4 is 5.32 Å². The summed E-state index contributed by atoms with van der Waals surface area (Å²) in [5.41, 5.74) is 1.03. The number of anilines is 1. The highest BCUT2D eigenvalue weighted by Crippen LogP contribution is 2.37. The number of hydrogen-bond donors (Lipinski definition) is 1. The van der Waals surface area contributed by atoms with E-state index < -0.39 is 5.54 Å². The van der Waals surface area contributed by atoms with Gasteiger partial charge in [-0.25, -0.2) is 4.39 Å². The second-order valence-corrected chi connectivity index (χ2v) is 5.78. The highest BCUT2D eigenvalue weighted by Gasteiger charge is 2.47. The summed E-state index contributed by atoms with van der Waals surface area (Å²) in [6, 6.07) is 7.34. The van der Waals surface area contributed by atoms with E-state index >= 15 is 0 Å². The second-order valence-electron chi connectivity index (χ2n) is 5.78. The van der Waals surface area contributed by atoms with E-state index in [9.17, 15) is 9.65 Å². The second kappa shape index (κ2) is 4.50. The largest absolute Gasteiger partial charge is 0.366 e. The molecule has 0 amide bonds. The Kier molecular flexibility index (Phi) is 2.94. The first-order valence-corrected chi connectivity index (χ1v) is 6.80. The Hall–Kier alpha value is -1.60. The third kappa shape index (κ3) is 2.19. The van der Waals surface area contributed by atoms with Crippen LogP contribution in [0.5, 0.6) is 0 Å². The van der Waals surface area contributed by atoms with Crippen molar-refractivity contribution in [3.8, 4) is 6.07 Å². The monoisotopic (exact) mass is 259 g/mol. The third-order valence-electron chi connectivity index (χ3n) is 4.37. The zero-order chi connectivity index (χ0) is 13.5. The number of hydrogen-bond acceptors (Lipinski definition) is 3. The lowest BCUT2D eigenvalue weighted by Crippen LogP contribution is -2.62. The Balaban J connectivity index is 1.89. The van der Waals surface area contributed by atoms with Gasteiger partial charge in [-0.3, -0.25) is 4.90 Å². The van der Waals surface area contributed by atoms with Crippen molar-refractivity contribution in [1.29, 1.82) is 5.26 Å². The van der Waals surface area contributed by atoms with Gasteiger partial charge < -0.3 is 5.32 Å². The number of fused-ring (bicyclic) bond motifs is 3. The van der Waals surface area contributed by atoms with Gasteiger partial charge >= 0.3 is 0 Å². The molecule has 4 rings (SSSR count). The molecule has 3 heterocycles. The lowest BCUT2D eigenvalue weighted by molar-refractivity contribution is 0.0674. The number of nitrogens with one attached hydrogen (secondary N) is 1. The van der Waals surface area contributed by atoms with Crippen LogP contribution >= 0.6 is 0 Å². The number of halogens is 1. The first-order valence-electron chi connectivity index (χ1n) is 6.80. The van der Waals surface area contributed by atoms with Gasteiger partial charge in [-0.2, -0.15) is 5.26 Å². The molecular weight excluding hydrogens is 241 g/mol. The molecule has 4 heteroatoms. The molecule has 3 aliphatic heterocycles. The molecule has 3 aliphatic rings. The lowest BCUT2D eigenvalue weighted by Gasteiger charge is -2.50. The van der Waals surface area contributed by atoms with Gasteiger partial charge in [-0.05, 0) is 62.5 Å². The molecule has 1 aromatic rings. The van der Waals surface area contributed by atoms with Crippen molar-refractivity contribution in [1.82, 2.24) is 4.90 Å². The molecule has 0 aliphatic carbocycles. The molecule has 3 saturated heterocycles. The molecule has 19 heavy (non-hydrogen) atoms. The van der Waals surface area contributed by atoms with Gasteiger partial charge in [0.05, 0.1) is 6.07 Å². The first-order chi connectivity index (χ1) is 9.11. The molecule has 1 atom stereocenters. The Morgan fingerprint density at radius 1 is 1.37 bits per heavy atom. The third-order valence-corrected chi connectivity index (χ3v) is 4.37. The molecule has 0 saturated carbocycles. The zero-order valence-electron chi connectivity index (χ0n) is 11.1. The zero-order valence-corrected chi connectivity index (χ0v) is 11.1. The summed E-state index contributed by atoms with van der Waals surface area (Å²) in [5, 5.41) is 12.9. The summed E-state index contributed by atoms with van der Waals surface area (Å²) in [6.45, 7) is 4.77. The average Bonchev–Trinajstić information content (AvgIpc) is 2.38. The summed E-state index contributed by atoms with van der Waals surface area (Å²) < 4.78 is 13.5. The van der Waals surface area contributed by atoms with E-state index in [1.54, 1.807) is 0 Å². The van der Waals surface area contributed by atoms with Crippen LogP contribution in [0, 0.1) is 30.0 Å². The molecule has 1 N–H and O–H groups in total. The summed E-state index contributed by atoms with van der Waals surface area (Å²) in [6.07, 6.45) is 2.10. The van der Waals surface area contributed by atoms with E-state index in [4.69, 9.17) is 0 Å². The topological polar surface area (TPSA) is 39.1 Å². The summed E-state index contributed by atoms with van der Waals surface area (Å²) in [4.78, 5) is 2.32. The van der Waals surface area contributed by atoms with E-state index in [2.05, 4.69) is 16.3 Å². The van der Waals surface area contributed by atoms with Gasteiger partial charge in [0.15, 0.2) is 0 Å². The minimum Gasteiger partial charge on any atom is -0.366 e. The van der Waals surface area contributed by atoms with E-state index in [-0.39, 0.29) is 5.82 Å². The van der Waals surface area contributed by atoms with Gasteiger partial charge in [0.1, 0.15) is 11.4 Å². The van der Waals surface area contributed by atoms with Crippen LogP contribution in [0.4, 0.5) is 10.1 Å². The smallest absolute Gasteiger partial charge is 0.141 e. The van der Waals surface area contributed by atoms with Crippen LogP contribution in [0.15, 0.2) is 18.2 Å². The summed E-state index contributed by atoms with van der Waals surface area (Å²) in [5.74, 6) is 0.114. The van der Waals surface area contributed by atoms with Gasteiger partial charge in [-0.15, -0.1) is 0 Å². The molecule has 1 aromatic carbocycles. The molecule has 2 bridgehead atoms. The molecule has 3 nitrogen and oxygen atoms in total. The van der Waals surface area contributed by atoms with Crippen molar-refractivity contribution in [2.45, 2.75) is 25.3 Å². The van der Waals surface area contributed by atoms with Crippen LogP contribution in [0.2, 0.25) is 0 Å². The van der Waals surface area contributed by atoms with Gasteiger partial charge in [0.2, 0.25) is 0 Å². The molecule has 100 valence electrons. The van der Waals surface area contributed by atoms with Gasteiger partial charge in [0, 0.05) is 12.2 Å². The molecule has 0 aromatic heterocycles. The van der Waals surface area contributed by atoms with Crippen LogP contribution in [-0.2, 0) is 0 Å². The van der Waals surface area contributed by atoms with Crippen molar-refractivity contribution in [3.63, 3.8) is 0 Å². The maximum atomic E-state index is 13.5. The van der Waals surface area contributed by atoms with Crippen molar-refractivity contribution in [2.24, 2.45) is 5.92 Å². The quantitative estimate of drug-likeness (QED) is 0.887. The maximum Gasteiger partial charge on any atom is 0.141 e. The summed E-state index contributed by atoms with van der Waals surface area (Å²) in [7, 11) is 0. The molecule has 0 radical (unpaired) electrons. The summed E-state index contributed by atoms with van der Waals surface area (Å²) >= 11 is 0. The predicted molar refractivity (Wildman–Crippen MR) is 72.3 cm³/mol. The van der Waals surface area contributed by atoms with Crippen LogP contribution in [0.3, 0.4) is 0 Å². The number of rotatable bonds is 2. The Bertz CT molecular complexity index is 508. The van der Waals surface area contributed by atoms with Crippen molar-refractivity contribution in [3.05, 3.63) is 29.6 Å². The van der Waals surface area contributed by atoms with Crippen molar-refractivity contribution >= 4 is 5.69 Å². The Labute approximate surface area is 113 Å². The van der Waals surface area contributed by atoms with E-state index in [1.807, 2.05) is 13.0 Å². The Morgan fingerprint density at radius 3 is 2.63 bits per heavy atom. The van der Waals surface area contributed by atoms with Crippen LogP contribution in [0.1, 0.15) is 18.4 Å². The van der Waals surface area contributed by atoms with E-state index in [0.717, 1.165) is 38.0 Å². The standard InChI is InChI=1S/C15H18FN3/c1-11-6-13(16)8-14(7-11)18-15(9-17)10-19-4-2-12(15)3-5-19/h6-8,12,18H,2-5,10H2,1H3. The number of nitriles is 1. The molecular formula is C15H18FN3. The highest BCUT2D eigenvalue weighted by molar-refractivity contribution is 5.51. The van der Waals surface area contributed by atoms with Crippen molar-refractivity contribution < 1.29 is 4.39 Å². The number of aryl methyl sites for hydroxylation is 1. The average molecular weight is 259 g/mol. The lowest BCUT2D eigenvalue weighted by atomic mass is 9.73. The minimum absolute atomic E-state index is 0.253. The molecule has 1 unspecified atom stereocenters. The van der Waals surface area contributed by atoms with Crippen LogP contribution in [0.25, 0.3) is 0 Å².